The van der Waals surface area contributed by atoms with Gasteiger partial charge < -0.3 is 4.74 Å². The van der Waals surface area contributed by atoms with Crippen LogP contribution in [0.5, 0.6) is 5.75 Å². The van der Waals surface area contributed by atoms with Gasteiger partial charge in [-0.3, -0.25) is 9.79 Å². The Morgan fingerprint density at radius 3 is 2.83 bits per heavy atom. The third-order valence-corrected chi connectivity index (χ3v) is 1.51. The van der Waals surface area contributed by atoms with Gasteiger partial charge in [-0.2, -0.15) is 0 Å². The van der Waals surface area contributed by atoms with Crippen LogP contribution in [0.25, 0.3) is 0 Å². The first kappa shape index (κ1) is 8.46. The Hall–Kier alpha value is -1.64. The predicted octanol–water partition coefficient (Wildman–Crippen LogP) is 1.84. The molecule has 12 heavy (non-hydrogen) atoms. The van der Waals surface area contributed by atoms with E-state index in [1.54, 1.807) is 18.2 Å². The van der Waals surface area contributed by atoms with Crippen molar-refractivity contribution < 1.29 is 9.53 Å². The number of nitrogens with zero attached hydrogens (tertiary/aromatic N) is 1. The summed E-state index contributed by atoms with van der Waals surface area (Å²) in [5.74, 6) is 0.564. The monoisotopic (exact) mass is 163 g/mol. The van der Waals surface area contributed by atoms with Gasteiger partial charge in [0.25, 0.3) is 0 Å². The molecule has 0 aliphatic heterocycles. The van der Waals surface area contributed by atoms with Gasteiger partial charge >= 0.3 is 0 Å². The third kappa shape index (κ3) is 1.50. The molecule has 1 aromatic rings. The van der Waals surface area contributed by atoms with Crippen LogP contribution in [-0.2, 0) is 0 Å². The van der Waals surface area contributed by atoms with Crippen LogP contribution >= 0.6 is 0 Å². The summed E-state index contributed by atoms with van der Waals surface area (Å²) in [6.07, 6.45) is 0.759. The minimum absolute atomic E-state index is 0.564. The number of ether oxygens (including phenoxy) is 1. The summed E-state index contributed by atoms with van der Waals surface area (Å²) < 4.78 is 4.99. The van der Waals surface area contributed by atoms with Gasteiger partial charge in [-0.1, -0.05) is 0 Å². The summed E-state index contributed by atoms with van der Waals surface area (Å²) in [6, 6.07) is 4.98. The maximum absolute atomic E-state index is 10.4. The number of carbonyl (C=O) groups is 1. The van der Waals surface area contributed by atoms with Gasteiger partial charge in [-0.15, -0.1) is 0 Å². The van der Waals surface area contributed by atoms with E-state index in [1.807, 2.05) is 0 Å². The van der Waals surface area contributed by atoms with E-state index in [2.05, 4.69) is 11.7 Å². The molecule has 0 aliphatic rings. The van der Waals surface area contributed by atoms with Crippen molar-refractivity contribution in [1.82, 2.24) is 0 Å². The zero-order valence-corrected chi connectivity index (χ0v) is 6.78. The van der Waals surface area contributed by atoms with Gasteiger partial charge in [0.15, 0.2) is 0 Å². The summed E-state index contributed by atoms with van der Waals surface area (Å²) in [5.41, 5.74) is 1.21. The van der Waals surface area contributed by atoms with E-state index < -0.39 is 0 Å². The average Bonchev–Trinajstić information content (AvgIpc) is 2.16. The van der Waals surface area contributed by atoms with Crippen LogP contribution in [-0.4, -0.2) is 20.1 Å². The molecule has 0 saturated carbocycles. The van der Waals surface area contributed by atoms with Crippen LogP contribution in [0.15, 0.2) is 23.2 Å². The summed E-state index contributed by atoms with van der Waals surface area (Å²) >= 11 is 0. The zero-order chi connectivity index (χ0) is 8.97. The first-order chi connectivity index (χ1) is 5.81. The van der Waals surface area contributed by atoms with Crippen LogP contribution in [0.3, 0.4) is 0 Å². The van der Waals surface area contributed by atoms with Crippen LogP contribution in [0.2, 0.25) is 0 Å². The van der Waals surface area contributed by atoms with E-state index in [4.69, 9.17) is 4.74 Å². The van der Waals surface area contributed by atoms with Crippen molar-refractivity contribution in [1.29, 1.82) is 0 Å². The Labute approximate surface area is 70.7 Å². The van der Waals surface area contributed by atoms with Crippen molar-refractivity contribution in [2.75, 3.05) is 7.11 Å². The lowest BCUT2D eigenvalue weighted by Gasteiger charge is -2.03. The van der Waals surface area contributed by atoms with Crippen LogP contribution in [0.4, 0.5) is 5.69 Å². The third-order valence-electron chi connectivity index (χ3n) is 1.51. The number of benzene rings is 1. The molecule has 3 heteroatoms. The largest absolute Gasteiger partial charge is 0.494 e. The minimum atomic E-state index is 0.564. The van der Waals surface area contributed by atoms with E-state index in [-0.39, 0.29) is 0 Å². The predicted molar refractivity (Wildman–Crippen MR) is 47.6 cm³/mol. The molecule has 0 atom stereocenters. The molecule has 0 aromatic heterocycles. The summed E-state index contributed by atoms with van der Waals surface area (Å²) in [5, 5.41) is 0. The van der Waals surface area contributed by atoms with E-state index in [9.17, 15) is 4.79 Å². The molecule has 0 unspecified atom stereocenters. The molecule has 0 radical (unpaired) electrons. The highest BCUT2D eigenvalue weighted by Gasteiger charge is 2.00. The van der Waals surface area contributed by atoms with Gasteiger partial charge in [0.05, 0.1) is 7.11 Å². The smallest absolute Gasteiger partial charge is 0.150 e. The highest BCUT2D eigenvalue weighted by Crippen LogP contribution is 2.26. The van der Waals surface area contributed by atoms with E-state index in [0.717, 1.165) is 6.29 Å². The van der Waals surface area contributed by atoms with Gasteiger partial charge in [-0.25, -0.2) is 0 Å². The SMILES string of the molecule is C=Nc1ccc(C=O)cc1OC. The maximum Gasteiger partial charge on any atom is 0.150 e. The van der Waals surface area contributed by atoms with Crippen LogP contribution < -0.4 is 4.74 Å². The van der Waals surface area contributed by atoms with Crippen molar-refractivity contribution in [2.45, 2.75) is 0 Å². The molecule has 62 valence electrons. The summed E-state index contributed by atoms with van der Waals surface area (Å²) in [7, 11) is 1.53. The number of carbonyl (C=O) groups excluding carboxylic acids is 1. The molecular formula is C9H9NO2. The Kier molecular flexibility index (Phi) is 2.58. The topological polar surface area (TPSA) is 38.7 Å². The molecule has 0 amide bonds. The second kappa shape index (κ2) is 3.67. The second-order valence-corrected chi connectivity index (χ2v) is 2.21. The highest BCUT2D eigenvalue weighted by atomic mass is 16.5. The molecule has 1 rings (SSSR count). The fourth-order valence-electron chi connectivity index (χ4n) is 0.898. The quantitative estimate of drug-likeness (QED) is 0.503. The molecule has 0 N–H and O–H groups in total. The van der Waals surface area contributed by atoms with E-state index >= 15 is 0 Å². The lowest BCUT2D eigenvalue weighted by atomic mass is 10.2. The Morgan fingerprint density at radius 1 is 1.58 bits per heavy atom. The fraction of sp³-hybridized carbons (Fsp3) is 0.111. The lowest BCUT2D eigenvalue weighted by molar-refractivity contribution is 0.112. The normalized spacial score (nSPS) is 9.08. The molecular weight excluding hydrogens is 154 g/mol. The molecule has 0 heterocycles. The maximum atomic E-state index is 10.4. The van der Waals surface area contributed by atoms with Gasteiger partial charge in [-0.05, 0) is 24.9 Å². The summed E-state index contributed by atoms with van der Waals surface area (Å²) in [4.78, 5) is 14.1. The molecule has 3 nitrogen and oxygen atoms in total. The van der Waals surface area contributed by atoms with Gasteiger partial charge in [0, 0.05) is 5.56 Å². The van der Waals surface area contributed by atoms with Crippen LogP contribution in [0.1, 0.15) is 10.4 Å². The van der Waals surface area contributed by atoms with Crippen molar-refractivity contribution >= 4 is 18.7 Å². The molecule has 0 saturated heterocycles. The first-order valence-electron chi connectivity index (χ1n) is 3.41. The zero-order valence-electron chi connectivity index (χ0n) is 6.78. The molecule has 0 spiro atoms. The number of methoxy groups -OCH3 is 1. The molecule has 0 bridgehead atoms. The Bertz CT molecular complexity index is 307. The van der Waals surface area contributed by atoms with E-state index in [1.165, 1.54) is 7.11 Å². The second-order valence-electron chi connectivity index (χ2n) is 2.21. The molecule has 0 aliphatic carbocycles. The van der Waals surface area contributed by atoms with Crippen LogP contribution in [0, 0.1) is 0 Å². The number of aldehydes is 1. The first-order valence-corrected chi connectivity index (χ1v) is 3.41. The Morgan fingerprint density at radius 2 is 2.33 bits per heavy atom. The number of aliphatic imine (C=N–C) groups is 1. The fourth-order valence-corrected chi connectivity index (χ4v) is 0.898. The molecule has 0 fully saturated rings. The number of rotatable bonds is 3. The molecule has 1 aromatic carbocycles. The lowest BCUT2D eigenvalue weighted by Crippen LogP contribution is -1.86. The van der Waals surface area contributed by atoms with Gasteiger partial charge in [0.1, 0.15) is 17.7 Å². The average molecular weight is 163 g/mol. The standard InChI is InChI=1S/C9H9NO2/c1-10-8-4-3-7(6-11)5-9(8)12-2/h3-6H,1H2,2H3. The van der Waals surface area contributed by atoms with Crippen molar-refractivity contribution in [3.8, 4) is 5.75 Å². The minimum Gasteiger partial charge on any atom is -0.494 e. The number of hydrogen-bond donors (Lipinski definition) is 0. The highest BCUT2D eigenvalue weighted by molar-refractivity contribution is 5.77. The Balaban J connectivity index is 3.18. The van der Waals surface area contributed by atoms with Crippen molar-refractivity contribution in [3.63, 3.8) is 0 Å². The number of hydrogen-bond acceptors (Lipinski definition) is 3. The van der Waals surface area contributed by atoms with Crippen molar-refractivity contribution in [2.24, 2.45) is 4.99 Å². The van der Waals surface area contributed by atoms with Gasteiger partial charge in [0.2, 0.25) is 0 Å². The van der Waals surface area contributed by atoms with Crippen molar-refractivity contribution in [3.05, 3.63) is 23.8 Å². The summed E-state index contributed by atoms with van der Waals surface area (Å²) in [6.45, 7) is 3.38. The van der Waals surface area contributed by atoms with E-state index in [0.29, 0.717) is 17.0 Å².